The predicted octanol–water partition coefficient (Wildman–Crippen LogP) is 25.4. The standard InChI is InChI=1S/C16H15N.C15H12ClNO3S.C13H14ClNO2.C13H16N2O.C12H13NO2.C11H13N.C10H11NO.C10H11N.2C9H9N.Na/c1-12-8-9-15-14(10-12)11-16(17(15)2)13-6-4-3-5-7-13;1-10-8-11-9-12(16)2-7-15(11)17(10)13-3-5-14(6-4-13)21(18,19)20;1-4-15-8(2)12(13(16)17-3)10-7-9(14)5-6-11(10)15;1-3-14-13(16)11-9-15(4-2)12-8-6-5-7-10(11)12;1-3-15-12(14)11-8-9-6-4-5-7-10(9)13(11)2;1-3-12-9(2)8-10-6-4-5-7-11(10)12;1-11-6-5-8-7-9(12-2)3-4-10(8)11;1-7-8(2)11-10-6-4-3-5-9(7)10;1-10-7-6-8-4-2-3-5-9(8)10;1-7-6-8-4-2-3-5-9(8)10-7;/h3-11H,1-2H3;2-9H,1H3,(H,18,19,20);5-7H,4H2,1-3H3;5-9H,3-4H2,1-2H3,(H,14,16);4-8H,3H2,1-2H3;4-8H,3H2,1-2H3;3-7H,1-2H3;3-6,11H,1-2H3;2-7H,1H3;2-6,10H,1H3;/q;;;;;;;;;;+1/p-1. The summed E-state index contributed by atoms with van der Waals surface area (Å²) in [6.07, 6.45) is 6.05. The molecule has 0 aliphatic heterocycles. The minimum absolute atomic E-state index is 0. The van der Waals surface area contributed by atoms with Crippen molar-refractivity contribution >= 4 is 160 Å². The fraction of sp³-hybridized carbons (Fsp3) is 0.195. The van der Waals surface area contributed by atoms with Crippen LogP contribution in [0.25, 0.3) is 126 Å². The number of amides is 1. The molecular weight excluding hydrogens is 1840 g/mol. The summed E-state index contributed by atoms with van der Waals surface area (Å²) in [6, 6.07) is 104. The molecule has 0 aliphatic carbocycles. The Kier molecular flexibility index (Phi) is 37.0. The molecule has 0 spiro atoms. The van der Waals surface area contributed by atoms with Crippen molar-refractivity contribution in [1.29, 1.82) is 0 Å². The Morgan fingerprint density at radius 1 is 0.437 bits per heavy atom. The Hall–Kier alpha value is -14.3. The molecule has 0 atom stereocenters. The van der Waals surface area contributed by atoms with Gasteiger partial charge in [0.15, 0.2) is 0 Å². The van der Waals surface area contributed by atoms with Crippen LogP contribution < -0.4 is 39.6 Å². The summed E-state index contributed by atoms with van der Waals surface area (Å²) in [5, 5.41) is 15.9. The number of hydrogen-bond donors (Lipinski definition) is 3. The molecule has 12 aromatic carbocycles. The van der Waals surface area contributed by atoms with Crippen LogP contribution in [0.15, 0.2) is 339 Å². The molecule has 1 amide bonds. The number of aryl methyl sites for hydroxylation is 13. The molecule has 10 aromatic heterocycles. The summed E-state index contributed by atoms with van der Waals surface area (Å²) in [4.78, 5) is 41.6. The van der Waals surface area contributed by atoms with Gasteiger partial charge in [0.1, 0.15) is 21.6 Å². The van der Waals surface area contributed by atoms with Crippen LogP contribution in [0.5, 0.6) is 5.75 Å². The van der Waals surface area contributed by atoms with Crippen LogP contribution in [-0.2, 0) is 67.4 Å². The summed E-state index contributed by atoms with van der Waals surface area (Å²) < 4.78 is 64.6. The van der Waals surface area contributed by atoms with Crippen LogP contribution in [-0.4, -0.2) is 105 Å². The van der Waals surface area contributed by atoms with Crippen molar-refractivity contribution in [1.82, 2.24) is 51.8 Å². The molecule has 0 aliphatic rings. The van der Waals surface area contributed by atoms with E-state index in [-0.39, 0.29) is 52.3 Å². The number of hydrogen-bond acceptors (Lipinski definition) is 9. The van der Waals surface area contributed by atoms with E-state index >= 15 is 0 Å². The van der Waals surface area contributed by atoms with Gasteiger partial charge in [-0.05, 0) is 280 Å². The Balaban J connectivity index is 0.000000142. The average molecular weight is 1960 g/mol. The first-order valence-corrected chi connectivity index (χ1v) is 49.2. The average Bonchev–Trinajstić information content (AvgIpc) is 1.61. The van der Waals surface area contributed by atoms with Crippen LogP contribution in [0, 0.1) is 48.5 Å². The van der Waals surface area contributed by atoms with Gasteiger partial charge in [-0.2, -0.15) is 0 Å². The van der Waals surface area contributed by atoms with E-state index in [1.54, 1.807) is 32.2 Å². The monoisotopic (exact) mass is 1960 g/mol. The molecule has 0 saturated heterocycles. The molecule has 22 rings (SSSR count). The smallest absolute Gasteiger partial charge is 0.744 e. The molecule has 0 radical (unpaired) electrons. The second-order valence-corrected chi connectivity index (χ2v) is 36.4. The molecule has 3 N–H and O–H groups in total. The third-order valence-corrected chi connectivity index (χ3v) is 26.2. The van der Waals surface area contributed by atoms with E-state index in [2.05, 4.69) is 287 Å². The summed E-state index contributed by atoms with van der Waals surface area (Å²) in [6.45, 7) is 28.3. The molecule has 20 nitrogen and oxygen atoms in total. The normalized spacial score (nSPS) is 10.8. The van der Waals surface area contributed by atoms with Gasteiger partial charge >= 0.3 is 41.5 Å². The Morgan fingerprint density at radius 3 is 1.58 bits per heavy atom. The summed E-state index contributed by atoms with van der Waals surface area (Å²) in [7, 11) is 6.74. The molecule has 10 heterocycles. The number of ether oxygens (including phenoxy) is 3. The first-order chi connectivity index (χ1) is 67.9. The Labute approximate surface area is 862 Å². The Bertz CT molecular complexity index is 8190. The van der Waals surface area contributed by atoms with Gasteiger partial charge in [-0.25, -0.2) is 18.0 Å². The van der Waals surface area contributed by atoms with Gasteiger partial charge in [-0.15, -0.1) is 0 Å². The third-order valence-electron chi connectivity index (χ3n) is 24.8. The van der Waals surface area contributed by atoms with Gasteiger partial charge in [0.2, 0.25) is 0 Å². The largest absolute Gasteiger partial charge is 1.00 e. The number of nitrogens with one attached hydrogen (secondary N) is 3. The SMILES string of the molecule is CCNC(=O)c1cn(CC)c2ccccc12.CCOC(=O)c1cc2ccccc2n1C.CCn1c(C)c(C(=O)OC)c2cc(Cl)ccc21.CCn1c(C)cc2ccccc21.COc1ccc2c(ccn2C)c1.Cc1[nH]c2ccccc2c1C.Cc1cc2cc(Cl)ccc2n1-c1ccc(S(=O)(=O)[O-])cc1.Cc1cc2ccccc2[nH]1.Cc1ccc2c(c1)cc(-c1ccccc1)n2C.Cn1ccc2ccccc21.[Na+]. The van der Waals surface area contributed by atoms with E-state index in [0.29, 0.717) is 34.5 Å². The van der Waals surface area contributed by atoms with Crippen molar-refractivity contribution in [3.8, 4) is 22.7 Å². The van der Waals surface area contributed by atoms with Gasteiger partial charge < -0.3 is 70.6 Å². The maximum atomic E-state index is 11.9. The first-order valence-electron chi connectivity index (χ1n) is 47.0. The third kappa shape index (κ3) is 25.4. The van der Waals surface area contributed by atoms with Crippen LogP contribution in [0.2, 0.25) is 10.0 Å². The summed E-state index contributed by atoms with van der Waals surface area (Å²) >= 11 is 12.0. The number of H-pyrrole nitrogens is 2. The van der Waals surface area contributed by atoms with Crippen molar-refractivity contribution < 1.29 is 71.1 Å². The minimum atomic E-state index is -4.42. The number of halogens is 2. The number of para-hydroxylation sites is 6. The number of carbonyl (C=O) groups is 3. The van der Waals surface area contributed by atoms with E-state index in [1.165, 1.54) is 124 Å². The van der Waals surface area contributed by atoms with Crippen molar-refractivity contribution in [2.24, 2.45) is 28.2 Å². The van der Waals surface area contributed by atoms with Gasteiger partial charge in [0.05, 0.1) is 42.4 Å². The fourth-order valence-electron chi connectivity index (χ4n) is 17.7. The summed E-state index contributed by atoms with van der Waals surface area (Å²) in [5.41, 5.74) is 25.5. The second kappa shape index (κ2) is 49.2. The zero-order valence-corrected chi connectivity index (χ0v) is 88.5. The molecular formula is C118H122Cl2N11NaO9S. The fourth-order valence-corrected chi connectivity index (χ4v) is 18.5. The molecule has 142 heavy (non-hydrogen) atoms. The Morgan fingerprint density at radius 2 is 0.972 bits per heavy atom. The minimum Gasteiger partial charge on any atom is -0.744 e. The van der Waals surface area contributed by atoms with Crippen molar-refractivity contribution in [3.05, 3.63) is 401 Å². The van der Waals surface area contributed by atoms with Crippen molar-refractivity contribution in [2.75, 3.05) is 27.4 Å². The van der Waals surface area contributed by atoms with Crippen molar-refractivity contribution in [2.45, 2.75) is 108 Å². The summed E-state index contributed by atoms with van der Waals surface area (Å²) in [5.74, 6) is 0.331. The molecule has 0 bridgehead atoms. The number of carbonyl (C=O) groups excluding carboxylic acids is 3. The van der Waals surface area contributed by atoms with E-state index in [0.717, 1.165) is 91.6 Å². The number of benzene rings is 12. The van der Waals surface area contributed by atoms with E-state index in [9.17, 15) is 27.4 Å². The number of fused-ring (bicyclic) bond motifs is 10. The van der Waals surface area contributed by atoms with E-state index in [1.807, 2.05) is 173 Å². The number of esters is 2. The van der Waals surface area contributed by atoms with Gasteiger partial charge in [0, 0.05) is 210 Å². The number of methoxy groups -OCH3 is 2. The van der Waals surface area contributed by atoms with Crippen LogP contribution in [0.3, 0.4) is 0 Å². The second-order valence-electron chi connectivity index (χ2n) is 34.1. The number of rotatable bonds is 12. The molecule has 22 aromatic rings. The first kappa shape index (κ1) is 107. The van der Waals surface area contributed by atoms with Crippen LogP contribution >= 0.6 is 23.2 Å². The van der Waals surface area contributed by atoms with Gasteiger partial charge in [-0.1, -0.05) is 174 Å². The van der Waals surface area contributed by atoms with Crippen LogP contribution in [0.1, 0.15) is 105 Å². The van der Waals surface area contributed by atoms with Gasteiger partial charge in [0.25, 0.3) is 5.91 Å². The van der Waals surface area contributed by atoms with Crippen LogP contribution in [0.4, 0.5) is 0 Å². The number of nitrogens with zero attached hydrogens (tertiary/aromatic N) is 8. The molecule has 0 unspecified atom stereocenters. The van der Waals surface area contributed by atoms with E-state index < -0.39 is 10.1 Å². The molecule has 24 heteroatoms. The molecule has 724 valence electrons. The molecule has 0 saturated carbocycles. The topological polar surface area (TPSA) is 219 Å². The maximum absolute atomic E-state index is 11.9. The molecule has 0 fully saturated rings. The number of aromatic nitrogens is 10. The van der Waals surface area contributed by atoms with Crippen molar-refractivity contribution in [3.63, 3.8) is 0 Å². The maximum Gasteiger partial charge on any atom is 1.00 e. The zero-order chi connectivity index (χ0) is 101. The number of aromatic amines is 2. The van der Waals surface area contributed by atoms with E-state index in [4.69, 9.17) is 37.4 Å². The predicted molar refractivity (Wildman–Crippen MR) is 583 cm³/mol. The van der Waals surface area contributed by atoms with Gasteiger partial charge in [-0.3, -0.25) is 4.79 Å². The zero-order valence-electron chi connectivity index (χ0n) is 84.2. The quantitative estimate of drug-likeness (QED) is 0.0601.